The summed E-state index contributed by atoms with van der Waals surface area (Å²) in [6.45, 7) is 0. The number of pyridine rings is 1. The Morgan fingerprint density at radius 2 is 2.25 bits per heavy atom. The van der Waals surface area contributed by atoms with Crippen molar-refractivity contribution in [2.45, 2.75) is 6.43 Å². The summed E-state index contributed by atoms with van der Waals surface area (Å²) in [6.07, 6.45) is -1.30. The molecule has 0 aliphatic carbocycles. The summed E-state index contributed by atoms with van der Waals surface area (Å²) in [5.41, 5.74) is -0.287. The molecule has 0 aliphatic rings. The van der Waals surface area contributed by atoms with Crippen molar-refractivity contribution in [2.75, 3.05) is 0 Å². The zero-order chi connectivity index (χ0) is 9.14. The van der Waals surface area contributed by atoms with Crippen LogP contribution in [0.3, 0.4) is 0 Å². The van der Waals surface area contributed by atoms with E-state index in [1.54, 1.807) is 28.7 Å². The van der Waals surface area contributed by atoms with Crippen LogP contribution in [0, 0.1) is 15.0 Å². The van der Waals surface area contributed by atoms with Crippen molar-refractivity contribution in [1.29, 1.82) is 5.26 Å². The van der Waals surface area contributed by atoms with E-state index < -0.39 is 6.43 Å². The van der Waals surface area contributed by atoms with Gasteiger partial charge in [0.1, 0.15) is 3.70 Å². The minimum absolute atomic E-state index is 0.00981. The monoisotopic (exact) mass is 280 g/mol. The van der Waals surface area contributed by atoms with E-state index in [4.69, 9.17) is 5.26 Å². The van der Waals surface area contributed by atoms with Crippen molar-refractivity contribution in [3.63, 3.8) is 0 Å². The number of rotatable bonds is 1. The van der Waals surface area contributed by atoms with E-state index in [0.717, 1.165) is 0 Å². The maximum absolute atomic E-state index is 12.3. The Hall–Kier alpha value is -0.770. The van der Waals surface area contributed by atoms with Crippen LogP contribution in [-0.4, -0.2) is 4.98 Å². The third kappa shape index (κ3) is 1.69. The summed E-state index contributed by atoms with van der Waals surface area (Å²) >= 11 is 1.68. The van der Waals surface area contributed by atoms with Crippen LogP contribution in [0.4, 0.5) is 8.78 Å². The Labute approximate surface area is 81.4 Å². The highest BCUT2D eigenvalue weighted by Gasteiger charge is 2.16. The molecule has 0 aliphatic heterocycles. The van der Waals surface area contributed by atoms with E-state index in [0.29, 0.717) is 0 Å². The molecule has 0 unspecified atom stereocenters. The Morgan fingerprint density at radius 3 is 2.67 bits per heavy atom. The van der Waals surface area contributed by atoms with Crippen molar-refractivity contribution < 1.29 is 8.78 Å². The predicted molar refractivity (Wildman–Crippen MR) is 46.6 cm³/mol. The largest absolute Gasteiger partial charge is 0.267 e. The Balaban J connectivity index is 3.32. The number of hydrogen-bond donors (Lipinski definition) is 0. The highest BCUT2D eigenvalue weighted by molar-refractivity contribution is 14.1. The van der Waals surface area contributed by atoms with Crippen molar-refractivity contribution in [1.82, 2.24) is 4.98 Å². The van der Waals surface area contributed by atoms with E-state index in [1.807, 2.05) is 0 Å². The van der Waals surface area contributed by atoms with Gasteiger partial charge in [-0.3, -0.25) is 0 Å². The van der Waals surface area contributed by atoms with Crippen molar-refractivity contribution in [3.8, 4) is 6.07 Å². The lowest BCUT2D eigenvalue weighted by atomic mass is 10.2. The SMILES string of the molecule is N#Cc1ccnc(I)c1C(F)F. The van der Waals surface area contributed by atoms with Gasteiger partial charge in [0.2, 0.25) is 0 Å². The van der Waals surface area contributed by atoms with Gasteiger partial charge in [-0.05, 0) is 28.7 Å². The van der Waals surface area contributed by atoms with Crippen LogP contribution in [0.25, 0.3) is 0 Å². The summed E-state index contributed by atoms with van der Waals surface area (Å²) in [7, 11) is 0. The summed E-state index contributed by atoms with van der Waals surface area (Å²) in [5, 5.41) is 8.48. The standard InChI is InChI=1S/C7H3F2IN2/c8-6(9)5-4(3-11)1-2-12-7(5)10/h1-2,6H. The quantitative estimate of drug-likeness (QED) is 0.585. The number of nitriles is 1. The molecule has 1 rings (SSSR count). The van der Waals surface area contributed by atoms with Crippen LogP contribution in [0.5, 0.6) is 0 Å². The molecule has 0 amide bonds. The molecule has 0 N–H and O–H groups in total. The van der Waals surface area contributed by atoms with Crippen LogP contribution >= 0.6 is 22.6 Å². The lowest BCUT2D eigenvalue weighted by Gasteiger charge is -2.02. The molecule has 0 aromatic carbocycles. The van der Waals surface area contributed by atoms with E-state index in [2.05, 4.69) is 4.98 Å². The van der Waals surface area contributed by atoms with Gasteiger partial charge in [0.05, 0.1) is 17.2 Å². The zero-order valence-electron chi connectivity index (χ0n) is 5.76. The van der Waals surface area contributed by atoms with Crippen molar-refractivity contribution in [3.05, 3.63) is 27.1 Å². The molecule has 0 spiro atoms. The van der Waals surface area contributed by atoms with E-state index >= 15 is 0 Å². The van der Waals surface area contributed by atoms with Gasteiger partial charge in [-0.2, -0.15) is 5.26 Å². The third-order valence-corrected chi connectivity index (χ3v) is 2.14. The summed E-state index contributed by atoms with van der Waals surface area (Å²) < 4.78 is 24.7. The molecular weight excluding hydrogens is 277 g/mol. The number of nitrogens with zero attached hydrogens (tertiary/aromatic N) is 2. The number of hydrogen-bond acceptors (Lipinski definition) is 2. The van der Waals surface area contributed by atoms with Crippen LogP contribution in [0.15, 0.2) is 12.3 Å². The minimum atomic E-state index is -2.64. The lowest BCUT2D eigenvalue weighted by Crippen LogP contribution is -1.96. The van der Waals surface area contributed by atoms with Gasteiger partial charge in [-0.1, -0.05) is 0 Å². The summed E-state index contributed by atoms with van der Waals surface area (Å²) in [4.78, 5) is 3.66. The molecule has 0 saturated carbocycles. The average Bonchev–Trinajstić information content (AvgIpc) is 2.03. The molecule has 0 radical (unpaired) electrons. The molecule has 0 atom stereocenters. The maximum atomic E-state index is 12.3. The molecule has 62 valence electrons. The van der Waals surface area contributed by atoms with Crippen LogP contribution < -0.4 is 0 Å². The molecule has 2 nitrogen and oxygen atoms in total. The fourth-order valence-corrected chi connectivity index (χ4v) is 1.44. The third-order valence-electron chi connectivity index (χ3n) is 1.28. The summed E-state index contributed by atoms with van der Waals surface area (Å²) in [5.74, 6) is 0. The van der Waals surface area contributed by atoms with Gasteiger partial charge in [0.15, 0.2) is 0 Å². The Kier molecular flexibility index (Phi) is 2.92. The molecule has 0 saturated heterocycles. The van der Waals surface area contributed by atoms with Crippen molar-refractivity contribution in [2.24, 2.45) is 0 Å². The second-order valence-corrected chi connectivity index (χ2v) is 3.00. The maximum Gasteiger partial charge on any atom is 0.267 e. The van der Waals surface area contributed by atoms with Crippen LogP contribution in [-0.2, 0) is 0 Å². The first-order valence-corrected chi connectivity index (χ1v) is 4.07. The zero-order valence-corrected chi connectivity index (χ0v) is 7.92. The van der Waals surface area contributed by atoms with Gasteiger partial charge in [-0.25, -0.2) is 13.8 Å². The first-order chi connectivity index (χ1) is 5.66. The van der Waals surface area contributed by atoms with Gasteiger partial charge in [-0.15, -0.1) is 0 Å². The first kappa shape index (κ1) is 9.32. The Bertz CT molecular complexity index is 333. The second-order valence-electron chi connectivity index (χ2n) is 1.98. The molecule has 0 fully saturated rings. The van der Waals surface area contributed by atoms with E-state index in [1.165, 1.54) is 12.3 Å². The minimum Gasteiger partial charge on any atom is -0.250 e. The van der Waals surface area contributed by atoms with Crippen LogP contribution in [0.2, 0.25) is 0 Å². The lowest BCUT2D eigenvalue weighted by molar-refractivity contribution is 0.149. The molecule has 5 heteroatoms. The van der Waals surface area contributed by atoms with Gasteiger partial charge >= 0.3 is 0 Å². The second kappa shape index (κ2) is 3.76. The van der Waals surface area contributed by atoms with Crippen molar-refractivity contribution >= 4 is 22.6 Å². The van der Waals surface area contributed by atoms with Gasteiger partial charge < -0.3 is 0 Å². The first-order valence-electron chi connectivity index (χ1n) is 2.99. The number of aromatic nitrogens is 1. The van der Waals surface area contributed by atoms with Crippen LogP contribution in [0.1, 0.15) is 17.6 Å². The average molecular weight is 280 g/mol. The Morgan fingerprint density at radius 1 is 1.58 bits per heavy atom. The smallest absolute Gasteiger partial charge is 0.250 e. The molecule has 1 aromatic rings. The topological polar surface area (TPSA) is 36.7 Å². The molecule has 1 heterocycles. The van der Waals surface area contributed by atoms with Gasteiger partial charge in [0, 0.05) is 6.20 Å². The number of halogens is 3. The fraction of sp³-hybridized carbons (Fsp3) is 0.143. The molecule has 1 aromatic heterocycles. The molecular formula is C7H3F2IN2. The predicted octanol–water partition coefficient (Wildman–Crippen LogP) is 2.50. The van der Waals surface area contributed by atoms with E-state index in [-0.39, 0.29) is 14.8 Å². The molecule has 0 bridgehead atoms. The van der Waals surface area contributed by atoms with E-state index in [9.17, 15) is 8.78 Å². The molecule has 12 heavy (non-hydrogen) atoms. The van der Waals surface area contributed by atoms with Gasteiger partial charge in [0.25, 0.3) is 6.43 Å². The normalized spacial score (nSPS) is 9.92. The summed E-state index contributed by atoms with van der Waals surface area (Å²) in [6, 6.07) is 2.97. The fourth-order valence-electron chi connectivity index (χ4n) is 0.753. The number of alkyl halides is 2. The highest BCUT2D eigenvalue weighted by atomic mass is 127. The highest BCUT2D eigenvalue weighted by Crippen LogP contribution is 2.25.